The van der Waals surface area contributed by atoms with Crippen molar-refractivity contribution in [3.63, 3.8) is 0 Å². The van der Waals surface area contributed by atoms with Gasteiger partial charge in [0.05, 0.1) is 0 Å². The van der Waals surface area contributed by atoms with Crippen molar-refractivity contribution in [1.29, 1.82) is 0 Å². The van der Waals surface area contributed by atoms with Crippen LogP contribution in [-0.4, -0.2) is 22.3 Å². The summed E-state index contributed by atoms with van der Waals surface area (Å²) in [6, 6.07) is 1.23. The molecule has 11 heavy (non-hydrogen) atoms. The van der Waals surface area contributed by atoms with Gasteiger partial charge >= 0.3 is 0 Å². The molecule has 0 aromatic carbocycles. The van der Waals surface area contributed by atoms with Gasteiger partial charge < -0.3 is 4.43 Å². The lowest BCUT2D eigenvalue weighted by molar-refractivity contribution is 0.358. The molecule has 0 N–H and O–H groups in total. The van der Waals surface area contributed by atoms with Crippen LogP contribution < -0.4 is 0 Å². The fraction of sp³-hybridized carbons (Fsp3) is 1.00. The van der Waals surface area contributed by atoms with Crippen LogP contribution in [0.25, 0.3) is 0 Å². The predicted octanol–water partition coefficient (Wildman–Crippen LogP) is 2.86. The topological polar surface area (TPSA) is 9.23 Å². The van der Waals surface area contributed by atoms with E-state index < -0.39 is 0 Å². The van der Waals surface area contributed by atoms with E-state index in [2.05, 4.69) is 0 Å². The molecule has 3 heteroatoms. The summed E-state index contributed by atoms with van der Waals surface area (Å²) in [5.74, 6) is 0.813. The Morgan fingerprint density at radius 2 is 1.91 bits per heavy atom. The third-order valence-corrected chi connectivity index (χ3v) is 2.73. The summed E-state index contributed by atoms with van der Waals surface area (Å²) >= 11 is 5.54. The van der Waals surface area contributed by atoms with Crippen LogP contribution in [0.1, 0.15) is 32.6 Å². The van der Waals surface area contributed by atoms with Gasteiger partial charge in [-0.2, -0.15) is 0 Å². The Morgan fingerprint density at radius 3 is 2.55 bits per heavy atom. The zero-order valence-corrected chi connectivity index (χ0v) is 8.99. The highest BCUT2D eigenvalue weighted by molar-refractivity contribution is 6.26. The average molecular weight is 193 g/mol. The standard InChI is InChI=1S/C8H17ClOSi/c1-2-10-11-8-6-4-3-5-7-9/h2-8H2,1H3. The summed E-state index contributed by atoms with van der Waals surface area (Å²) in [6.07, 6.45) is 5.06. The Morgan fingerprint density at radius 1 is 1.18 bits per heavy atom. The lowest BCUT2D eigenvalue weighted by Gasteiger charge is -1.98. The van der Waals surface area contributed by atoms with Crippen LogP contribution in [0.5, 0.6) is 0 Å². The third kappa shape index (κ3) is 10.5. The molecule has 0 aromatic heterocycles. The van der Waals surface area contributed by atoms with Gasteiger partial charge in [0.25, 0.3) is 0 Å². The van der Waals surface area contributed by atoms with Crippen LogP contribution in [0.15, 0.2) is 0 Å². The molecule has 0 saturated carbocycles. The minimum Gasteiger partial charge on any atom is -0.418 e. The summed E-state index contributed by atoms with van der Waals surface area (Å²) in [7, 11) is 0.711. The van der Waals surface area contributed by atoms with E-state index in [-0.39, 0.29) is 0 Å². The van der Waals surface area contributed by atoms with Crippen molar-refractivity contribution in [2.75, 3.05) is 12.5 Å². The van der Waals surface area contributed by atoms with E-state index in [1.165, 1.54) is 31.7 Å². The molecule has 0 atom stereocenters. The first kappa shape index (κ1) is 11.5. The van der Waals surface area contributed by atoms with E-state index in [1.807, 2.05) is 6.92 Å². The summed E-state index contributed by atoms with van der Waals surface area (Å²) in [5.41, 5.74) is 0. The summed E-state index contributed by atoms with van der Waals surface area (Å²) in [4.78, 5) is 0. The van der Waals surface area contributed by atoms with Gasteiger partial charge in [-0.1, -0.05) is 19.3 Å². The molecule has 0 aliphatic heterocycles. The molecule has 0 saturated heterocycles. The van der Waals surface area contributed by atoms with E-state index in [9.17, 15) is 0 Å². The van der Waals surface area contributed by atoms with E-state index in [1.54, 1.807) is 0 Å². The number of rotatable bonds is 8. The molecule has 0 unspecified atom stereocenters. The molecular weight excluding hydrogens is 176 g/mol. The zero-order valence-electron chi connectivity index (χ0n) is 7.24. The smallest absolute Gasteiger partial charge is 0.229 e. The van der Waals surface area contributed by atoms with Gasteiger partial charge in [0, 0.05) is 12.5 Å². The van der Waals surface area contributed by atoms with Gasteiger partial charge in [0.1, 0.15) is 0 Å². The van der Waals surface area contributed by atoms with Crippen molar-refractivity contribution in [2.45, 2.75) is 38.7 Å². The van der Waals surface area contributed by atoms with Crippen LogP contribution in [0.2, 0.25) is 6.04 Å². The van der Waals surface area contributed by atoms with E-state index in [0.29, 0.717) is 9.76 Å². The maximum absolute atomic E-state index is 5.54. The Balaban J connectivity index is 2.69. The number of hydrogen-bond acceptors (Lipinski definition) is 1. The van der Waals surface area contributed by atoms with E-state index in [0.717, 1.165) is 12.5 Å². The van der Waals surface area contributed by atoms with Crippen molar-refractivity contribution in [2.24, 2.45) is 0 Å². The molecule has 0 heterocycles. The van der Waals surface area contributed by atoms with Crippen LogP contribution >= 0.6 is 11.6 Å². The van der Waals surface area contributed by atoms with Crippen molar-refractivity contribution in [3.8, 4) is 0 Å². The minimum absolute atomic E-state index is 0.711. The van der Waals surface area contributed by atoms with Gasteiger partial charge in [0.15, 0.2) is 0 Å². The summed E-state index contributed by atoms with van der Waals surface area (Å²) in [5, 5.41) is 0. The lowest BCUT2D eigenvalue weighted by atomic mass is 10.2. The number of alkyl halides is 1. The van der Waals surface area contributed by atoms with Crippen molar-refractivity contribution in [3.05, 3.63) is 0 Å². The Bertz CT molecular complexity index is 63.1. The first-order chi connectivity index (χ1) is 5.41. The van der Waals surface area contributed by atoms with Gasteiger partial charge in [-0.15, -0.1) is 11.6 Å². The quantitative estimate of drug-likeness (QED) is 0.327. The Hall–Kier alpha value is 0.467. The predicted molar refractivity (Wildman–Crippen MR) is 51.4 cm³/mol. The number of halogens is 1. The Labute approximate surface area is 77.4 Å². The molecule has 0 aliphatic rings. The second kappa shape index (κ2) is 10.5. The normalized spacial score (nSPS) is 10.4. The highest BCUT2D eigenvalue weighted by Crippen LogP contribution is 2.03. The highest BCUT2D eigenvalue weighted by atomic mass is 35.5. The second-order valence-corrected chi connectivity index (χ2v) is 3.89. The molecule has 0 spiro atoms. The van der Waals surface area contributed by atoms with Crippen molar-refractivity contribution < 1.29 is 4.43 Å². The van der Waals surface area contributed by atoms with E-state index in [4.69, 9.17) is 16.0 Å². The molecule has 1 nitrogen and oxygen atoms in total. The zero-order chi connectivity index (χ0) is 8.36. The van der Waals surface area contributed by atoms with E-state index >= 15 is 0 Å². The largest absolute Gasteiger partial charge is 0.418 e. The molecule has 66 valence electrons. The molecule has 0 amide bonds. The van der Waals surface area contributed by atoms with Crippen LogP contribution in [0, 0.1) is 0 Å². The molecule has 0 rings (SSSR count). The summed E-state index contributed by atoms with van der Waals surface area (Å²) < 4.78 is 5.24. The minimum atomic E-state index is 0.711. The second-order valence-electron chi connectivity index (χ2n) is 2.43. The number of hydrogen-bond donors (Lipinski definition) is 0. The molecule has 0 fully saturated rings. The molecule has 0 aromatic rings. The molecule has 2 radical (unpaired) electrons. The lowest BCUT2D eigenvalue weighted by Crippen LogP contribution is -1.96. The Kier molecular flexibility index (Phi) is 10.9. The molecule has 0 bridgehead atoms. The number of unbranched alkanes of at least 4 members (excludes halogenated alkanes) is 3. The van der Waals surface area contributed by atoms with Gasteiger partial charge in [0.2, 0.25) is 9.76 Å². The monoisotopic (exact) mass is 192 g/mol. The maximum atomic E-state index is 5.54. The maximum Gasteiger partial charge on any atom is 0.229 e. The van der Waals surface area contributed by atoms with Gasteiger partial charge in [-0.25, -0.2) is 0 Å². The van der Waals surface area contributed by atoms with Crippen molar-refractivity contribution >= 4 is 21.4 Å². The summed E-state index contributed by atoms with van der Waals surface area (Å²) in [6.45, 7) is 2.90. The SMILES string of the molecule is CCO[Si]CCCCCCCl. The van der Waals surface area contributed by atoms with Crippen LogP contribution in [0.4, 0.5) is 0 Å². The first-order valence-corrected chi connectivity index (χ1v) is 5.97. The first-order valence-electron chi connectivity index (χ1n) is 4.32. The van der Waals surface area contributed by atoms with Crippen LogP contribution in [0.3, 0.4) is 0 Å². The van der Waals surface area contributed by atoms with Gasteiger partial charge in [-0.05, 0) is 19.4 Å². The fourth-order valence-electron chi connectivity index (χ4n) is 0.819. The molecular formula is C8H17ClOSi. The van der Waals surface area contributed by atoms with Crippen LogP contribution in [-0.2, 0) is 4.43 Å². The third-order valence-electron chi connectivity index (χ3n) is 1.41. The molecule has 0 aliphatic carbocycles. The van der Waals surface area contributed by atoms with Gasteiger partial charge in [-0.3, -0.25) is 0 Å². The highest BCUT2D eigenvalue weighted by Gasteiger charge is 1.91. The average Bonchev–Trinajstić information content (AvgIpc) is 2.03. The fourth-order valence-corrected chi connectivity index (χ4v) is 1.75. The van der Waals surface area contributed by atoms with Crippen molar-refractivity contribution in [1.82, 2.24) is 0 Å².